The standard InChI is InChI=1S/C19H28N2O2.ClH/c1-13(2)21-11-16-8-5-9-17(12-21)19(16,23-3)15-7-4-6-14(10-15)18(20)22;/h4,6-7,10,13,16-17H,5,8-9,11-12H2,1-3H3,(H2,20,22);1H/t16-,17+,19?;. The molecule has 1 saturated heterocycles. The number of carbonyl (C=O) groups excluding carboxylic acids is 1. The molecule has 1 aliphatic heterocycles. The van der Waals surface area contributed by atoms with E-state index in [1.807, 2.05) is 19.2 Å². The minimum absolute atomic E-state index is 0. The van der Waals surface area contributed by atoms with Gasteiger partial charge in [0.15, 0.2) is 0 Å². The Bertz CT molecular complexity index is 576. The van der Waals surface area contributed by atoms with Crippen LogP contribution < -0.4 is 5.73 Å². The summed E-state index contributed by atoms with van der Waals surface area (Å²) in [6, 6.07) is 8.33. The molecule has 134 valence electrons. The van der Waals surface area contributed by atoms with Crippen LogP contribution in [0, 0.1) is 11.8 Å². The Hall–Kier alpha value is -1.10. The fourth-order valence-corrected chi connectivity index (χ4v) is 4.73. The molecule has 0 radical (unpaired) electrons. The SMILES string of the molecule is COC1(c2cccc(C(N)=O)c2)[C@@H]2CCC[C@H]1CN(C(C)C)C2.Cl. The number of fused-ring (bicyclic) bond motifs is 2. The molecule has 3 rings (SSSR count). The van der Waals surface area contributed by atoms with Crippen LogP contribution in [-0.2, 0) is 10.3 Å². The van der Waals surface area contributed by atoms with Gasteiger partial charge in [0.25, 0.3) is 0 Å². The van der Waals surface area contributed by atoms with Gasteiger partial charge in [0.05, 0.1) is 0 Å². The van der Waals surface area contributed by atoms with Gasteiger partial charge in [0, 0.05) is 43.6 Å². The van der Waals surface area contributed by atoms with Gasteiger partial charge < -0.3 is 15.4 Å². The largest absolute Gasteiger partial charge is 0.373 e. The topological polar surface area (TPSA) is 55.6 Å². The lowest BCUT2D eigenvalue weighted by Gasteiger charge is -2.56. The second-order valence-electron chi connectivity index (χ2n) is 7.31. The molecule has 5 heteroatoms. The highest BCUT2D eigenvalue weighted by molar-refractivity contribution is 5.92. The number of amides is 1. The number of rotatable bonds is 4. The van der Waals surface area contributed by atoms with Gasteiger partial charge >= 0.3 is 0 Å². The first kappa shape index (κ1) is 19.2. The van der Waals surface area contributed by atoms with Crippen LogP contribution in [0.3, 0.4) is 0 Å². The number of primary amides is 1. The molecule has 1 aromatic rings. The van der Waals surface area contributed by atoms with Crippen molar-refractivity contribution in [2.75, 3.05) is 20.2 Å². The lowest BCUT2D eigenvalue weighted by atomic mass is 9.62. The van der Waals surface area contributed by atoms with Gasteiger partial charge in [-0.05, 0) is 44.4 Å². The van der Waals surface area contributed by atoms with Crippen molar-refractivity contribution in [2.24, 2.45) is 17.6 Å². The smallest absolute Gasteiger partial charge is 0.248 e. The van der Waals surface area contributed by atoms with E-state index in [4.69, 9.17) is 10.5 Å². The second kappa shape index (κ2) is 7.42. The first-order chi connectivity index (χ1) is 11.0. The maximum atomic E-state index is 11.6. The minimum atomic E-state index is -0.372. The Morgan fingerprint density at radius 1 is 1.29 bits per heavy atom. The van der Waals surface area contributed by atoms with Gasteiger partial charge in [-0.25, -0.2) is 0 Å². The van der Waals surface area contributed by atoms with Crippen LogP contribution in [0.25, 0.3) is 0 Å². The van der Waals surface area contributed by atoms with Crippen molar-refractivity contribution >= 4 is 18.3 Å². The molecule has 0 aromatic heterocycles. The number of nitrogens with two attached hydrogens (primary N) is 1. The van der Waals surface area contributed by atoms with E-state index in [1.54, 1.807) is 6.07 Å². The van der Waals surface area contributed by atoms with Crippen LogP contribution in [0.4, 0.5) is 0 Å². The summed E-state index contributed by atoms with van der Waals surface area (Å²) in [5.41, 5.74) is 6.90. The predicted octanol–water partition coefficient (Wildman–Crippen LogP) is 3.19. The van der Waals surface area contributed by atoms with Crippen molar-refractivity contribution in [1.29, 1.82) is 0 Å². The number of hydrogen-bond donors (Lipinski definition) is 1. The summed E-state index contributed by atoms with van der Waals surface area (Å²) in [4.78, 5) is 14.2. The third-order valence-electron chi connectivity index (χ3n) is 5.89. The van der Waals surface area contributed by atoms with E-state index in [0.717, 1.165) is 18.7 Å². The summed E-state index contributed by atoms with van der Waals surface area (Å²) in [6.07, 6.45) is 3.62. The third kappa shape index (κ3) is 3.07. The Morgan fingerprint density at radius 2 is 1.92 bits per heavy atom. The molecular weight excluding hydrogens is 324 g/mol. The average molecular weight is 353 g/mol. The van der Waals surface area contributed by atoms with Crippen LogP contribution in [0.2, 0.25) is 0 Å². The molecule has 2 N–H and O–H groups in total. The number of methoxy groups -OCH3 is 1. The number of hydrogen-bond acceptors (Lipinski definition) is 3. The molecular formula is C19H29ClN2O2. The summed E-state index contributed by atoms with van der Waals surface area (Å²) >= 11 is 0. The van der Waals surface area contributed by atoms with E-state index in [-0.39, 0.29) is 23.9 Å². The van der Waals surface area contributed by atoms with Crippen molar-refractivity contribution in [3.8, 4) is 0 Å². The molecule has 1 saturated carbocycles. The Balaban J connectivity index is 0.00000208. The molecule has 1 aliphatic carbocycles. The van der Waals surface area contributed by atoms with Crippen LogP contribution >= 0.6 is 12.4 Å². The highest BCUT2D eigenvalue weighted by Crippen LogP contribution is 2.51. The van der Waals surface area contributed by atoms with E-state index in [1.165, 1.54) is 19.3 Å². The summed E-state index contributed by atoms with van der Waals surface area (Å²) in [6.45, 7) is 6.65. The minimum Gasteiger partial charge on any atom is -0.373 e. The van der Waals surface area contributed by atoms with Crippen LogP contribution in [-0.4, -0.2) is 37.0 Å². The molecule has 1 unspecified atom stereocenters. The highest BCUT2D eigenvalue weighted by atomic mass is 35.5. The van der Waals surface area contributed by atoms with Crippen LogP contribution in [0.5, 0.6) is 0 Å². The van der Waals surface area contributed by atoms with Gasteiger partial charge in [-0.2, -0.15) is 0 Å². The molecule has 3 atom stereocenters. The molecule has 1 aromatic carbocycles. The molecule has 1 amide bonds. The number of benzene rings is 1. The Labute approximate surface area is 151 Å². The lowest BCUT2D eigenvalue weighted by molar-refractivity contribution is -0.172. The normalized spacial score (nSPS) is 30.0. The quantitative estimate of drug-likeness (QED) is 0.905. The van der Waals surface area contributed by atoms with Crippen LogP contribution in [0.15, 0.2) is 24.3 Å². The maximum Gasteiger partial charge on any atom is 0.248 e. The zero-order chi connectivity index (χ0) is 16.6. The number of halogens is 1. The summed E-state index contributed by atoms with van der Waals surface area (Å²) in [5, 5.41) is 0. The van der Waals surface area contributed by atoms with Gasteiger partial charge in [-0.1, -0.05) is 18.6 Å². The van der Waals surface area contributed by atoms with E-state index >= 15 is 0 Å². The molecule has 2 aliphatic rings. The van der Waals surface area contributed by atoms with Gasteiger partial charge in [0.2, 0.25) is 5.91 Å². The Morgan fingerprint density at radius 3 is 2.42 bits per heavy atom. The van der Waals surface area contributed by atoms with E-state index in [0.29, 0.717) is 23.4 Å². The lowest BCUT2D eigenvalue weighted by Crippen LogP contribution is -2.60. The highest BCUT2D eigenvalue weighted by Gasteiger charge is 2.53. The molecule has 0 spiro atoms. The van der Waals surface area contributed by atoms with E-state index in [2.05, 4.69) is 24.8 Å². The van der Waals surface area contributed by atoms with E-state index in [9.17, 15) is 4.79 Å². The van der Waals surface area contributed by atoms with Crippen molar-refractivity contribution in [2.45, 2.75) is 44.8 Å². The molecule has 2 fully saturated rings. The molecule has 2 bridgehead atoms. The van der Waals surface area contributed by atoms with Crippen LogP contribution in [0.1, 0.15) is 49.0 Å². The third-order valence-corrected chi connectivity index (χ3v) is 5.89. The van der Waals surface area contributed by atoms with E-state index < -0.39 is 0 Å². The van der Waals surface area contributed by atoms with Gasteiger partial charge in [-0.3, -0.25) is 4.79 Å². The molecule has 1 heterocycles. The van der Waals surface area contributed by atoms with Gasteiger partial charge in [-0.15, -0.1) is 12.4 Å². The Kier molecular flexibility index (Phi) is 5.95. The summed E-state index contributed by atoms with van der Waals surface area (Å²) in [7, 11) is 1.83. The number of likely N-dealkylation sites (tertiary alicyclic amines) is 1. The predicted molar refractivity (Wildman–Crippen MR) is 98.4 cm³/mol. The maximum absolute atomic E-state index is 11.6. The zero-order valence-electron chi connectivity index (χ0n) is 14.8. The van der Waals surface area contributed by atoms with Crippen molar-refractivity contribution < 1.29 is 9.53 Å². The molecule has 4 nitrogen and oxygen atoms in total. The first-order valence-electron chi connectivity index (χ1n) is 8.68. The number of ether oxygens (including phenoxy) is 1. The number of nitrogens with zero attached hydrogens (tertiary/aromatic N) is 1. The first-order valence-corrected chi connectivity index (χ1v) is 8.68. The monoisotopic (exact) mass is 352 g/mol. The average Bonchev–Trinajstić information content (AvgIpc) is 2.53. The fraction of sp³-hybridized carbons (Fsp3) is 0.632. The second-order valence-corrected chi connectivity index (χ2v) is 7.31. The fourth-order valence-electron chi connectivity index (χ4n) is 4.73. The van der Waals surface area contributed by atoms with Gasteiger partial charge in [0.1, 0.15) is 5.60 Å². The molecule has 24 heavy (non-hydrogen) atoms. The van der Waals surface area contributed by atoms with Crippen molar-refractivity contribution in [1.82, 2.24) is 4.90 Å². The number of carbonyl (C=O) groups is 1. The summed E-state index contributed by atoms with van der Waals surface area (Å²) in [5.74, 6) is 0.555. The zero-order valence-corrected chi connectivity index (χ0v) is 15.6. The summed E-state index contributed by atoms with van der Waals surface area (Å²) < 4.78 is 6.22. The van der Waals surface area contributed by atoms with Crippen molar-refractivity contribution in [3.05, 3.63) is 35.4 Å². The van der Waals surface area contributed by atoms with Crippen molar-refractivity contribution in [3.63, 3.8) is 0 Å². The number of piperidine rings is 1.